The Labute approximate surface area is 176 Å². The van der Waals surface area contributed by atoms with Crippen LogP contribution in [0.5, 0.6) is 0 Å². The first kappa shape index (κ1) is 22.1. The minimum absolute atomic E-state index is 0.269. The number of hydrogen-bond acceptors (Lipinski definition) is 8. The predicted molar refractivity (Wildman–Crippen MR) is 103 cm³/mol. The molecule has 4 aromatic rings. The van der Waals surface area contributed by atoms with Gasteiger partial charge in [0.1, 0.15) is 5.69 Å². The summed E-state index contributed by atoms with van der Waals surface area (Å²) in [6, 6.07) is 8.80. The lowest BCUT2D eigenvalue weighted by Crippen LogP contribution is -2.21. The summed E-state index contributed by atoms with van der Waals surface area (Å²) in [6.07, 6.45) is -1.72. The van der Waals surface area contributed by atoms with E-state index >= 15 is 0 Å². The maximum atomic E-state index is 12.5. The third-order valence-corrected chi connectivity index (χ3v) is 3.73. The zero-order valence-electron chi connectivity index (χ0n) is 16.1. The summed E-state index contributed by atoms with van der Waals surface area (Å²) < 4.78 is 33.3. The molecule has 0 fully saturated rings. The first-order chi connectivity index (χ1) is 15.1. The Hall–Kier alpha value is -4.56. The Morgan fingerprint density at radius 1 is 1.22 bits per heavy atom. The molecule has 4 rings (SSSR count). The van der Waals surface area contributed by atoms with Crippen molar-refractivity contribution in [3.8, 4) is 0 Å². The molecular formula is C17H14F3N9O3. The van der Waals surface area contributed by atoms with Crippen molar-refractivity contribution in [2.45, 2.75) is 13.1 Å². The van der Waals surface area contributed by atoms with Crippen LogP contribution in [0.15, 0.2) is 42.7 Å². The number of tetrazole rings is 1. The second-order valence-corrected chi connectivity index (χ2v) is 6.09. The van der Waals surface area contributed by atoms with E-state index in [2.05, 4.69) is 41.3 Å². The molecule has 15 heteroatoms. The Kier molecular flexibility index (Phi) is 6.27. The summed E-state index contributed by atoms with van der Waals surface area (Å²) in [7, 11) is 0. The first-order valence-electron chi connectivity index (χ1n) is 8.66. The van der Waals surface area contributed by atoms with Crippen molar-refractivity contribution in [3.05, 3.63) is 54.0 Å². The number of nitrogens with one attached hydrogen (secondary N) is 3. The zero-order chi connectivity index (χ0) is 23.3. The Bertz CT molecular complexity index is 1240. The number of carboxylic acids is 1. The van der Waals surface area contributed by atoms with Gasteiger partial charge >= 0.3 is 12.1 Å². The number of anilines is 3. The van der Waals surface area contributed by atoms with E-state index in [0.717, 1.165) is 5.69 Å². The lowest BCUT2D eigenvalue weighted by molar-refractivity contribution is -0.192. The average Bonchev–Trinajstić information content (AvgIpc) is 3.38. The van der Waals surface area contributed by atoms with Crippen LogP contribution in [0.1, 0.15) is 16.1 Å². The molecule has 4 N–H and O–H groups in total. The van der Waals surface area contributed by atoms with Crippen molar-refractivity contribution in [2.75, 3.05) is 10.6 Å². The SMILES string of the molecule is Cc1ccn2ncc(NC(=O)c3cccc(Nc4nn[nH]n4)c3)c2n1.O=C(O)C(F)(F)F. The summed E-state index contributed by atoms with van der Waals surface area (Å²) in [5.74, 6) is -2.71. The van der Waals surface area contributed by atoms with Gasteiger partial charge in [-0.3, -0.25) is 4.79 Å². The van der Waals surface area contributed by atoms with Crippen molar-refractivity contribution in [1.29, 1.82) is 0 Å². The molecule has 166 valence electrons. The van der Waals surface area contributed by atoms with Crippen LogP contribution in [0.3, 0.4) is 0 Å². The molecule has 0 bridgehead atoms. The molecule has 0 radical (unpaired) electrons. The molecule has 0 aliphatic rings. The maximum absolute atomic E-state index is 12.5. The number of aromatic amines is 1. The number of aliphatic carboxylic acids is 1. The van der Waals surface area contributed by atoms with E-state index in [1.807, 2.05) is 13.0 Å². The quantitative estimate of drug-likeness (QED) is 0.366. The number of rotatable bonds is 4. The van der Waals surface area contributed by atoms with Gasteiger partial charge in [-0.05, 0) is 36.4 Å². The normalized spacial score (nSPS) is 10.9. The van der Waals surface area contributed by atoms with E-state index in [1.54, 1.807) is 41.2 Å². The minimum atomic E-state index is -5.08. The van der Waals surface area contributed by atoms with Gasteiger partial charge in [0.25, 0.3) is 11.9 Å². The summed E-state index contributed by atoms with van der Waals surface area (Å²) in [5.41, 5.74) is 3.12. The van der Waals surface area contributed by atoms with Crippen LogP contribution in [0.2, 0.25) is 0 Å². The summed E-state index contributed by atoms with van der Waals surface area (Å²) in [5, 5.41) is 30.5. The Morgan fingerprint density at radius 3 is 2.62 bits per heavy atom. The number of aromatic nitrogens is 7. The van der Waals surface area contributed by atoms with Gasteiger partial charge in [-0.1, -0.05) is 11.2 Å². The van der Waals surface area contributed by atoms with Crippen molar-refractivity contribution >= 4 is 34.8 Å². The molecule has 1 aromatic carbocycles. The number of H-pyrrole nitrogens is 1. The molecule has 1 amide bonds. The number of benzene rings is 1. The number of nitrogens with zero attached hydrogens (tertiary/aromatic N) is 6. The number of carboxylic acid groups (broad SMARTS) is 1. The summed E-state index contributed by atoms with van der Waals surface area (Å²) in [6.45, 7) is 1.88. The second kappa shape index (κ2) is 9.07. The predicted octanol–water partition coefficient (Wildman–Crippen LogP) is 2.18. The van der Waals surface area contributed by atoms with Gasteiger partial charge in [-0.2, -0.15) is 23.5 Å². The highest BCUT2D eigenvalue weighted by molar-refractivity contribution is 6.06. The average molecular weight is 449 g/mol. The highest BCUT2D eigenvalue weighted by atomic mass is 19.4. The highest BCUT2D eigenvalue weighted by Gasteiger charge is 2.38. The smallest absolute Gasteiger partial charge is 0.475 e. The van der Waals surface area contributed by atoms with E-state index in [4.69, 9.17) is 9.90 Å². The maximum Gasteiger partial charge on any atom is 0.490 e. The summed E-state index contributed by atoms with van der Waals surface area (Å²) >= 11 is 0. The van der Waals surface area contributed by atoms with E-state index in [-0.39, 0.29) is 5.91 Å². The molecule has 0 atom stereocenters. The van der Waals surface area contributed by atoms with Crippen molar-refractivity contribution < 1.29 is 27.9 Å². The van der Waals surface area contributed by atoms with Crippen LogP contribution in [0.25, 0.3) is 5.65 Å². The van der Waals surface area contributed by atoms with Crippen LogP contribution in [-0.4, -0.2) is 58.4 Å². The van der Waals surface area contributed by atoms with E-state index in [1.165, 1.54) is 0 Å². The van der Waals surface area contributed by atoms with Crippen LogP contribution >= 0.6 is 0 Å². The molecule has 3 aromatic heterocycles. The highest BCUT2D eigenvalue weighted by Crippen LogP contribution is 2.18. The Balaban J connectivity index is 0.000000360. The van der Waals surface area contributed by atoms with Crippen LogP contribution in [-0.2, 0) is 4.79 Å². The number of carbonyl (C=O) groups is 2. The van der Waals surface area contributed by atoms with Crippen molar-refractivity contribution in [3.63, 3.8) is 0 Å². The van der Waals surface area contributed by atoms with Gasteiger partial charge in [-0.15, -0.1) is 5.10 Å². The molecule has 12 nitrogen and oxygen atoms in total. The number of amides is 1. The van der Waals surface area contributed by atoms with Gasteiger partial charge < -0.3 is 15.7 Å². The number of carbonyl (C=O) groups excluding carboxylic acids is 1. The number of fused-ring (bicyclic) bond motifs is 1. The van der Waals surface area contributed by atoms with Gasteiger partial charge in [-0.25, -0.2) is 14.3 Å². The molecular weight excluding hydrogens is 435 g/mol. The first-order valence-corrected chi connectivity index (χ1v) is 8.66. The third-order valence-electron chi connectivity index (χ3n) is 3.73. The lowest BCUT2D eigenvalue weighted by atomic mass is 10.2. The largest absolute Gasteiger partial charge is 0.490 e. The standard InChI is InChI=1S/C15H13N9O.C2HF3O2/c1-9-5-6-24-13(17-9)12(8-16-24)19-14(25)10-3-2-4-11(7-10)18-15-20-22-23-21-15;3-2(4,5)1(6)7/h2-8H,1H3,(H,19,25)(H2,18,20,21,22,23);(H,6,7). The van der Waals surface area contributed by atoms with E-state index < -0.39 is 12.1 Å². The number of alkyl halides is 3. The molecule has 3 heterocycles. The fraction of sp³-hybridized carbons (Fsp3) is 0.118. The lowest BCUT2D eigenvalue weighted by Gasteiger charge is -2.06. The fourth-order valence-corrected chi connectivity index (χ4v) is 2.32. The van der Waals surface area contributed by atoms with Crippen LogP contribution in [0.4, 0.5) is 30.5 Å². The van der Waals surface area contributed by atoms with Crippen molar-refractivity contribution in [2.24, 2.45) is 0 Å². The second-order valence-electron chi connectivity index (χ2n) is 6.09. The molecule has 0 saturated heterocycles. The topological polar surface area (TPSA) is 163 Å². The molecule has 0 unspecified atom stereocenters. The fourth-order valence-electron chi connectivity index (χ4n) is 2.32. The van der Waals surface area contributed by atoms with Crippen molar-refractivity contribution in [1.82, 2.24) is 35.2 Å². The summed E-state index contributed by atoms with van der Waals surface area (Å²) in [4.78, 5) is 25.8. The number of hydrogen-bond donors (Lipinski definition) is 4. The molecule has 32 heavy (non-hydrogen) atoms. The molecule has 0 spiro atoms. The zero-order valence-corrected chi connectivity index (χ0v) is 16.1. The third kappa shape index (κ3) is 5.53. The Morgan fingerprint density at radius 2 is 1.97 bits per heavy atom. The van der Waals surface area contributed by atoms with Crippen LogP contribution in [0, 0.1) is 6.92 Å². The molecule has 0 aliphatic carbocycles. The molecule has 0 aliphatic heterocycles. The van der Waals surface area contributed by atoms with Gasteiger partial charge in [0.15, 0.2) is 5.65 Å². The molecule has 0 saturated carbocycles. The van der Waals surface area contributed by atoms with Gasteiger partial charge in [0, 0.05) is 23.1 Å². The van der Waals surface area contributed by atoms with Gasteiger partial charge in [0.2, 0.25) is 0 Å². The van der Waals surface area contributed by atoms with E-state index in [0.29, 0.717) is 28.5 Å². The number of aryl methyl sites for hydroxylation is 1. The van der Waals surface area contributed by atoms with Gasteiger partial charge in [0.05, 0.1) is 6.20 Å². The van der Waals surface area contributed by atoms with Crippen LogP contribution < -0.4 is 10.6 Å². The van der Waals surface area contributed by atoms with E-state index in [9.17, 15) is 18.0 Å². The number of halogens is 3. The minimum Gasteiger partial charge on any atom is -0.475 e. The monoisotopic (exact) mass is 449 g/mol.